The molecule has 0 spiro atoms. The van der Waals surface area contributed by atoms with Crippen LogP contribution in [-0.2, 0) is 11.2 Å². The number of hydrogen-bond acceptors (Lipinski definition) is 2. The molecule has 0 saturated heterocycles. The number of rotatable bonds is 1. The van der Waals surface area contributed by atoms with Crippen molar-refractivity contribution < 1.29 is 4.79 Å². The van der Waals surface area contributed by atoms with E-state index in [1.807, 2.05) is 32.0 Å². The van der Waals surface area contributed by atoms with E-state index in [1.165, 1.54) is 5.56 Å². The van der Waals surface area contributed by atoms with Crippen molar-refractivity contribution in [1.82, 2.24) is 0 Å². The van der Waals surface area contributed by atoms with Gasteiger partial charge in [-0.15, -0.1) is 0 Å². The predicted molar refractivity (Wildman–Crippen MR) is 62.2 cm³/mol. The highest BCUT2D eigenvalue weighted by atomic mass is 16.2. The number of aryl methyl sites for hydroxylation is 1. The highest BCUT2D eigenvalue weighted by Gasteiger charge is 2.33. The van der Waals surface area contributed by atoms with Crippen LogP contribution in [0.2, 0.25) is 0 Å². The molecule has 0 atom stereocenters. The van der Waals surface area contributed by atoms with Gasteiger partial charge in [0.05, 0.1) is 11.4 Å². The first-order valence-electron chi connectivity index (χ1n) is 5.26. The van der Waals surface area contributed by atoms with E-state index in [0.717, 1.165) is 17.8 Å². The third-order valence-corrected chi connectivity index (χ3v) is 2.79. The van der Waals surface area contributed by atoms with Gasteiger partial charge in [-0.2, -0.15) is 0 Å². The van der Waals surface area contributed by atoms with Crippen LogP contribution in [0.25, 0.3) is 0 Å². The normalized spacial score (nSPS) is 17.7. The maximum atomic E-state index is 11.8. The van der Waals surface area contributed by atoms with Crippen LogP contribution in [0.5, 0.6) is 0 Å². The van der Waals surface area contributed by atoms with Crippen LogP contribution in [0.3, 0.4) is 0 Å². The average molecular weight is 204 g/mol. The van der Waals surface area contributed by atoms with Gasteiger partial charge in [0.1, 0.15) is 5.54 Å². The van der Waals surface area contributed by atoms with E-state index in [9.17, 15) is 4.79 Å². The van der Waals surface area contributed by atoms with Gasteiger partial charge in [0, 0.05) is 0 Å². The summed E-state index contributed by atoms with van der Waals surface area (Å²) in [5.41, 5.74) is 2.59. The van der Waals surface area contributed by atoms with Crippen molar-refractivity contribution in [3.05, 3.63) is 23.8 Å². The molecule has 1 aliphatic heterocycles. The lowest BCUT2D eigenvalue weighted by atomic mass is 9.97. The number of hydrogen-bond donors (Lipinski definition) is 2. The second kappa shape index (κ2) is 3.26. The number of carbonyl (C=O) groups excluding carboxylic acids is 1. The Bertz CT molecular complexity index is 410. The predicted octanol–water partition coefficient (Wildman–Crippen LogP) is 2.39. The number of amides is 1. The number of anilines is 2. The largest absolute Gasteiger partial charge is 0.370 e. The average Bonchev–Trinajstić information content (AvgIpc) is 2.18. The Hall–Kier alpha value is -1.51. The van der Waals surface area contributed by atoms with Crippen molar-refractivity contribution in [2.45, 2.75) is 32.7 Å². The first-order chi connectivity index (χ1) is 7.04. The van der Waals surface area contributed by atoms with Crippen molar-refractivity contribution in [3.63, 3.8) is 0 Å². The van der Waals surface area contributed by atoms with E-state index in [0.29, 0.717) is 0 Å². The van der Waals surface area contributed by atoms with Crippen LogP contribution in [0.1, 0.15) is 26.3 Å². The second-order valence-electron chi connectivity index (χ2n) is 4.40. The monoisotopic (exact) mass is 204 g/mol. The zero-order chi connectivity index (χ0) is 11.1. The van der Waals surface area contributed by atoms with Crippen molar-refractivity contribution in [2.24, 2.45) is 0 Å². The number of fused-ring (bicyclic) bond motifs is 1. The Morgan fingerprint density at radius 2 is 2.07 bits per heavy atom. The molecule has 0 unspecified atom stereocenters. The van der Waals surface area contributed by atoms with E-state index < -0.39 is 5.54 Å². The zero-order valence-electron chi connectivity index (χ0n) is 9.35. The molecule has 0 aliphatic carbocycles. The smallest absolute Gasteiger partial charge is 0.249 e. The minimum atomic E-state index is -0.528. The molecule has 1 heterocycles. The van der Waals surface area contributed by atoms with Gasteiger partial charge in [0.2, 0.25) is 5.91 Å². The molecular formula is C12H16N2O. The fraction of sp³-hybridized carbons (Fsp3) is 0.417. The third-order valence-electron chi connectivity index (χ3n) is 2.79. The molecule has 0 aromatic heterocycles. The quantitative estimate of drug-likeness (QED) is 0.737. The Morgan fingerprint density at radius 3 is 2.73 bits per heavy atom. The van der Waals surface area contributed by atoms with E-state index in [2.05, 4.69) is 17.6 Å². The molecular weight excluding hydrogens is 188 g/mol. The lowest BCUT2D eigenvalue weighted by Gasteiger charge is -2.33. The van der Waals surface area contributed by atoms with Crippen molar-refractivity contribution in [3.8, 4) is 0 Å². The van der Waals surface area contributed by atoms with Gasteiger partial charge in [0.25, 0.3) is 0 Å². The molecule has 3 nitrogen and oxygen atoms in total. The Kier molecular flexibility index (Phi) is 2.18. The summed E-state index contributed by atoms with van der Waals surface area (Å²) < 4.78 is 0. The molecule has 80 valence electrons. The van der Waals surface area contributed by atoms with E-state index in [-0.39, 0.29) is 5.91 Å². The SMILES string of the molecule is CCc1cccc2c1NC(=O)C(C)(C)N2. The number of carbonyl (C=O) groups is 1. The van der Waals surface area contributed by atoms with Crippen LogP contribution in [-0.4, -0.2) is 11.4 Å². The lowest BCUT2D eigenvalue weighted by Crippen LogP contribution is -2.47. The summed E-state index contributed by atoms with van der Waals surface area (Å²) in [6, 6.07) is 6.05. The molecule has 2 rings (SSSR count). The number of para-hydroxylation sites is 1. The maximum absolute atomic E-state index is 11.8. The van der Waals surface area contributed by atoms with Crippen molar-refractivity contribution in [1.29, 1.82) is 0 Å². The standard InChI is InChI=1S/C12H16N2O/c1-4-8-6-5-7-9-10(8)13-11(15)12(2,3)14-9/h5-7,14H,4H2,1-3H3,(H,13,15). The molecule has 1 aromatic carbocycles. The van der Waals surface area contributed by atoms with Crippen LogP contribution < -0.4 is 10.6 Å². The molecule has 1 aromatic rings. The van der Waals surface area contributed by atoms with Gasteiger partial charge >= 0.3 is 0 Å². The van der Waals surface area contributed by atoms with Crippen LogP contribution >= 0.6 is 0 Å². The van der Waals surface area contributed by atoms with Crippen LogP contribution in [0.15, 0.2) is 18.2 Å². The van der Waals surface area contributed by atoms with E-state index >= 15 is 0 Å². The summed E-state index contributed by atoms with van der Waals surface area (Å²) in [5, 5.41) is 6.22. The highest BCUT2D eigenvalue weighted by molar-refractivity contribution is 6.06. The summed E-state index contributed by atoms with van der Waals surface area (Å²) >= 11 is 0. The third kappa shape index (κ3) is 1.58. The fourth-order valence-electron chi connectivity index (χ4n) is 1.81. The highest BCUT2D eigenvalue weighted by Crippen LogP contribution is 2.33. The molecule has 0 saturated carbocycles. The topological polar surface area (TPSA) is 41.1 Å². The zero-order valence-corrected chi connectivity index (χ0v) is 9.35. The number of benzene rings is 1. The van der Waals surface area contributed by atoms with Gasteiger partial charge in [-0.05, 0) is 31.9 Å². The summed E-state index contributed by atoms with van der Waals surface area (Å²) in [4.78, 5) is 11.8. The van der Waals surface area contributed by atoms with E-state index in [4.69, 9.17) is 0 Å². The lowest BCUT2D eigenvalue weighted by molar-refractivity contribution is -0.119. The summed E-state index contributed by atoms with van der Waals surface area (Å²) in [6.07, 6.45) is 0.922. The molecule has 15 heavy (non-hydrogen) atoms. The maximum Gasteiger partial charge on any atom is 0.249 e. The first-order valence-corrected chi connectivity index (χ1v) is 5.26. The summed E-state index contributed by atoms with van der Waals surface area (Å²) in [6.45, 7) is 5.84. The minimum Gasteiger partial charge on any atom is -0.370 e. The molecule has 2 N–H and O–H groups in total. The molecule has 0 fully saturated rings. The Morgan fingerprint density at radius 1 is 1.33 bits per heavy atom. The fourth-order valence-corrected chi connectivity index (χ4v) is 1.81. The molecule has 1 aliphatic rings. The molecule has 1 amide bonds. The van der Waals surface area contributed by atoms with Gasteiger partial charge < -0.3 is 10.6 Å². The molecule has 3 heteroatoms. The van der Waals surface area contributed by atoms with Crippen LogP contribution in [0, 0.1) is 0 Å². The summed E-state index contributed by atoms with van der Waals surface area (Å²) in [5.74, 6) is 0.0240. The van der Waals surface area contributed by atoms with Gasteiger partial charge in [-0.3, -0.25) is 4.79 Å². The molecule has 0 radical (unpaired) electrons. The van der Waals surface area contributed by atoms with Crippen LogP contribution in [0.4, 0.5) is 11.4 Å². The second-order valence-corrected chi connectivity index (χ2v) is 4.40. The minimum absolute atomic E-state index is 0.0240. The first kappa shape index (κ1) is 10.0. The van der Waals surface area contributed by atoms with Gasteiger partial charge in [-0.25, -0.2) is 0 Å². The molecule has 0 bridgehead atoms. The Labute approximate surface area is 89.9 Å². The van der Waals surface area contributed by atoms with Gasteiger partial charge in [0.15, 0.2) is 0 Å². The Balaban J connectivity index is 2.49. The number of nitrogens with one attached hydrogen (secondary N) is 2. The van der Waals surface area contributed by atoms with Crippen molar-refractivity contribution >= 4 is 17.3 Å². The van der Waals surface area contributed by atoms with Gasteiger partial charge in [-0.1, -0.05) is 19.1 Å². The van der Waals surface area contributed by atoms with E-state index in [1.54, 1.807) is 0 Å². The summed E-state index contributed by atoms with van der Waals surface area (Å²) in [7, 11) is 0. The van der Waals surface area contributed by atoms with Crippen molar-refractivity contribution in [2.75, 3.05) is 10.6 Å².